The molecular weight excluding hydrogens is 242 g/mol. The molecule has 2 aromatic rings. The molecular formula is C15H19NO3. The molecule has 1 heterocycles. The maximum absolute atomic E-state index is 10.9. The molecule has 0 radical (unpaired) electrons. The van der Waals surface area contributed by atoms with Gasteiger partial charge in [0.25, 0.3) is 0 Å². The number of rotatable bonds is 6. The molecule has 0 bridgehead atoms. The highest BCUT2D eigenvalue weighted by Gasteiger charge is 2.17. The summed E-state index contributed by atoms with van der Waals surface area (Å²) in [5.74, 6) is 0.121. The van der Waals surface area contributed by atoms with Crippen molar-refractivity contribution in [3.05, 3.63) is 29.7 Å². The van der Waals surface area contributed by atoms with Crippen LogP contribution in [0.25, 0.3) is 11.1 Å². The van der Waals surface area contributed by atoms with Crippen LogP contribution in [-0.2, 0) is 0 Å². The largest absolute Gasteiger partial charge is 0.478 e. The monoisotopic (exact) mass is 261 g/mol. The Morgan fingerprint density at radius 1 is 1.32 bits per heavy atom. The minimum absolute atomic E-state index is 0.234. The van der Waals surface area contributed by atoms with Crippen LogP contribution < -0.4 is 0 Å². The lowest BCUT2D eigenvalue weighted by molar-refractivity contribution is 0.0697. The molecule has 1 aromatic carbocycles. The van der Waals surface area contributed by atoms with E-state index >= 15 is 0 Å². The van der Waals surface area contributed by atoms with Crippen molar-refractivity contribution in [2.75, 3.05) is 0 Å². The third kappa shape index (κ3) is 2.95. The van der Waals surface area contributed by atoms with Gasteiger partial charge in [-0.3, -0.25) is 0 Å². The standard InChI is InChI=1S/C15H19NO3/c1-3-5-10(6-4-2)14-16-12-8-7-11(15(17)18)9-13(12)19-14/h7-10H,3-6H2,1-2H3,(H,17,18). The average Bonchev–Trinajstić information content (AvgIpc) is 2.80. The topological polar surface area (TPSA) is 63.3 Å². The van der Waals surface area contributed by atoms with E-state index in [1.165, 1.54) is 0 Å². The smallest absolute Gasteiger partial charge is 0.335 e. The molecule has 0 aliphatic rings. The van der Waals surface area contributed by atoms with E-state index in [9.17, 15) is 4.79 Å². The van der Waals surface area contributed by atoms with Gasteiger partial charge in [-0.25, -0.2) is 9.78 Å². The Morgan fingerprint density at radius 3 is 2.58 bits per heavy atom. The van der Waals surface area contributed by atoms with E-state index in [0.29, 0.717) is 11.5 Å². The molecule has 102 valence electrons. The molecule has 0 fully saturated rings. The molecule has 0 saturated heterocycles. The van der Waals surface area contributed by atoms with Gasteiger partial charge in [0, 0.05) is 5.92 Å². The summed E-state index contributed by atoms with van der Waals surface area (Å²) in [6.45, 7) is 4.29. The van der Waals surface area contributed by atoms with Gasteiger partial charge in [0.05, 0.1) is 5.56 Å². The first-order valence-corrected chi connectivity index (χ1v) is 6.79. The minimum Gasteiger partial charge on any atom is -0.478 e. The predicted octanol–water partition coefficient (Wildman–Crippen LogP) is 4.21. The quantitative estimate of drug-likeness (QED) is 0.846. The zero-order valence-corrected chi connectivity index (χ0v) is 11.3. The molecule has 1 N–H and O–H groups in total. The van der Waals surface area contributed by atoms with Crippen LogP contribution in [0.1, 0.15) is 61.7 Å². The van der Waals surface area contributed by atoms with Crippen LogP contribution in [0.15, 0.2) is 22.6 Å². The number of carbonyl (C=O) groups is 1. The van der Waals surface area contributed by atoms with Crippen LogP contribution in [-0.4, -0.2) is 16.1 Å². The summed E-state index contributed by atoms with van der Waals surface area (Å²) < 4.78 is 5.75. The first-order chi connectivity index (χ1) is 9.15. The molecule has 0 aliphatic heterocycles. The lowest BCUT2D eigenvalue weighted by Crippen LogP contribution is -1.98. The minimum atomic E-state index is -0.946. The van der Waals surface area contributed by atoms with E-state index in [1.54, 1.807) is 18.2 Å². The van der Waals surface area contributed by atoms with Gasteiger partial charge in [-0.15, -0.1) is 0 Å². The molecule has 0 aliphatic carbocycles. The first kappa shape index (κ1) is 13.6. The van der Waals surface area contributed by atoms with Crippen molar-refractivity contribution in [3.63, 3.8) is 0 Å². The third-order valence-corrected chi connectivity index (χ3v) is 3.28. The van der Waals surface area contributed by atoms with Crippen molar-refractivity contribution in [3.8, 4) is 0 Å². The van der Waals surface area contributed by atoms with Gasteiger partial charge < -0.3 is 9.52 Å². The Morgan fingerprint density at radius 2 is 2.00 bits per heavy atom. The second-order valence-electron chi connectivity index (χ2n) is 4.81. The molecule has 0 amide bonds. The second-order valence-corrected chi connectivity index (χ2v) is 4.81. The molecule has 4 nitrogen and oxygen atoms in total. The van der Waals surface area contributed by atoms with Gasteiger partial charge in [0.15, 0.2) is 11.5 Å². The fraction of sp³-hybridized carbons (Fsp3) is 0.467. The summed E-state index contributed by atoms with van der Waals surface area (Å²) in [7, 11) is 0. The number of hydrogen-bond acceptors (Lipinski definition) is 3. The zero-order valence-electron chi connectivity index (χ0n) is 11.3. The molecule has 19 heavy (non-hydrogen) atoms. The van der Waals surface area contributed by atoms with Crippen molar-refractivity contribution in [2.24, 2.45) is 0 Å². The van der Waals surface area contributed by atoms with Crippen molar-refractivity contribution < 1.29 is 14.3 Å². The average molecular weight is 261 g/mol. The Labute approximate surface area is 112 Å². The molecule has 0 saturated carbocycles. The van der Waals surface area contributed by atoms with Gasteiger partial charge >= 0.3 is 5.97 Å². The van der Waals surface area contributed by atoms with Crippen LogP contribution >= 0.6 is 0 Å². The van der Waals surface area contributed by atoms with Crippen LogP contribution in [0.5, 0.6) is 0 Å². The predicted molar refractivity (Wildman–Crippen MR) is 73.5 cm³/mol. The summed E-state index contributed by atoms with van der Waals surface area (Å²) in [5.41, 5.74) is 1.53. The number of carboxylic acids is 1. The number of benzene rings is 1. The molecule has 4 heteroatoms. The van der Waals surface area contributed by atoms with Crippen molar-refractivity contribution in [1.29, 1.82) is 0 Å². The van der Waals surface area contributed by atoms with E-state index in [2.05, 4.69) is 18.8 Å². The number of aromatic nitrogens is 1. The van der Waals surface area contributed by atoms with Gasteiger partial charge in [-0.2, -0.15) is 0 Å². The molecule has 1 aromatic heterocycles. The maximum Gasteiger partial charge on any atom is 0.335 e. The number of hydrogen-bond donors (Lipinski definition) is 1. The Bertz CT molecular complexity index is 568. The van der Waals surface area contributed by atoms with Crippen LogP contribution in [0.4, 0.5) is 0 Å². The van der Waals surface area contributed by atoms with Crippen molar-refractivity contribution in [1.82, 2.24) is 4.98 Å². The summed E-state index contributed by atoms with van der Waals surface area (Å²) in [6, 6.07) is 4.81. The van der Waals surface area contributed by atoms with Gasteiger partial charge in [0.2, 0.25) is 0 Å². The second kappa shape index (κ2) is 5.87. The fourth-order valence-corrected chi connectivity index (χ4v) is 2.34. The first-order valence-electron chi connectivity index (χ1n) is 6.79. The molecule has 0 atom stereocenters. The molecule has 2 rings (SSSR count). The Balaban J connectivity index is 2.36. The Kier molecular flexibility index (Phi) is 4.20. The zero-order chi connectivity index (χ0) is 13.8. The van der Waals surface area contributed by atoms with Gasteiger partial charge in [0.1, 0.15) is 5.52 Å². The van der Waals surface area contributed by atoms with Crippen molar-refractivity contribution >= 4 is 17.1 Å². The van der Waals surface area contributed by atoms with Crippen molar-refractivity contribution in [2.45, 2.75) is 45.4 Å². The van der Waals surface area contributed by atoms with E-state index in [1.807, 2.05) is 0 Å². The van der Waals surface area contributed by atoms with Gasteiger partial charge in [-0.1, -0.05) is 26.7 Å². The lowest BCUT2D eigenvalue weighted by Gasteiger charge is -2.09. The fourth-order valence-electron chi connectivity index (χ4n) is 2.34. The number of oxazole rings is 1. The maximum atomic E-state index is 10.9. The van der Waals surface area contributed by atoms with E-state index in [0.717, 1.165) is 37.1 Å². The summed E-state index contributed by atoms with van der Waals surface area (Å²) in [6.07, 6.45) is 4.27. The van der Waals surface area contributed by atoms with E-state index in [4.69, 9.17) is 9.52 Å². The number of fused-ring (bicyclic) bond motifs is 1. The number of aromatic carboxylic acids is 1. The highest BCUT2D eigenvalue weighted by molar-refractivity contribution is 5.91. The number of carboxylic acid groups (broad SMARTS) is 1. The number of nitrogens with zero attached hydrogens (tertiary/aromatic N) is 1. The van der Waals surface area contributed by atoms with E-state index < -0.39 is 5.97 Å². The molecule has 0 spiro atoms. The Hall–Kier alpha value is -1.84. The highest BCUT2D eigenvalue weighted by Crippen LogP contribution is 2.29. The SMILES string of the molecule is CCCC(CCC)c1nc2ccc(C(=O)O)cc2o1. The lowest BCUT2D eigenvalue weighted by atomic mass is 9.98. The summed E-state index contributed by atoms with van der Waals surface area (Å²) >= 11 is 0. The van der Waals surface area contributed by atoms with Crippen LogP contribution in [0, 0.1) is 0 Å². The highest BCUT2D eigenvalue weighted by atomic mass is 16.4. The summed E-state index contributed by atoms with van der Waals surface area (Å²) in [5, 5.41) is 8.97. The van der Waals surface area contributed by atoms with E-state index in [-0.39, 0.29) is 5.56 Å². The third-order valence-electron chi connectivity index (χ3n) is 3.28. The molecule has 0 unspecified atom stereocenters. The van der Waals surface area contributed by atoms with Gasteiger partial charge in [-0.05, 0) is 31.0 Å². The van der Waals surface area contributed by atoms with Crippen LogP contribution in [0.2, 0.25) is 0 Å². The summed E-state index contributed by atoms with van der Waals surface area (Å²) in [4.78, 5) is 15.4. The van der Waals surface area contributed by atoms with Crippen LogP contribution in [0.3, 0.4) is 0 Å². The normalized spacial score (nSPS) is 11.3.